The SMILES string of the molecule is Oc1cc(O)cc(-c2c(O)cc(O)c3c2Oc2c(O)cc(Oc4c(O)cc(Oc5c(O)cc(O)c6c5Oc5c(O)cc(O)cc5O6)cc4O)cc2O3)c1. The maximum absolute atomic E-state index is 10.9. The summed E-state index contributed by atoms with van der Waals surface area (Å²) in [5.74, 6) is -9.79. The smallest absolute Gasteiger partial charge is 0.220 e. The number of ether oxygens (including phenoxy) is 6. The quantitative estimate of drug-likeness (QED) is 0.0819. The molecule has 268 valence electrons. The fraction of sp³-hybridized carbons (Fsp3) is 0. The monoisotopic (exact) mass is 726 g/mol. The lowest BCUT2D eigenvalue weighted by molar-refractivity contribution is 0.298. The molecule has 0 unspecified atom stereocenters. The first-order valence-electron chi connectivity index (χ1n) is 15.0. The number of hydrogen-bond donors (Lipinski definition) is 11. The molecule has 0 atom stereocenters. The van der Waals surface area contributed by atoms with Crippen LogP contribution in [0.4, 0.5) is 0 Å². The van der Waals surface area contributed by atoms with Crippen molar-refractivity contribution < 1.29 is 84.6 Å². The summed E-state index contributed by atoms with van der Waals surface area (Å²) in [4.78, 5) is 0. The number of rotatable bonds is 5. The van der Waals surface area contributed by atoms with Crippen molar-refractivity contribution in [3.05, 3.63) is 66.7 Å². The van der Waals surface area contributed by atoms with Crippen LogP contribution >= 0.6 is 0 Å². The first-order chi connectivity index (χ1) is 25.2. The molecule has 6 aromatic carbocycles. The van der Waals surface area contributed by atoms with Crippen molar-refractivity contribution >= 4 is 0 Å². The summed E-state index contributed by atoms with van der Waals surface area (Å²) < 4.78 is 34.2. The average Bonchev–Trinajstić information content (AvgIpc) is 3.07. The number of phenolic OH excluding ortho intramolecular Hbond substituents is 11. The lowest BCUT2D eigenvalue weighted by atomic mass is 10.0. The third-order valence-electron chi connectivity index (χ3n) is 7.86. The van der Waals surface area contributed by atoms with Crippen LogP contribution in [0.2, 0.25) is 0 Å². The molecular formula is C36H22O17. The van der Waals surface area contributed by atoms with Gasteiger partial charge in [0.05, 0.1) is 5.56 Å². The predicted molar refractivity (Wildman–Crippen MR) is 176 cm³/mol. The van der Waals surface area contributed by atoms with Crippen molar-refractivity contribution in [3.63, 3.8) is 0 Å². The lowest BCUT2D eigenvalue weighted by Crippen LogP contribution is -2.02. The van der Waals surface area contributed by atoms with Gasteiger partial charge in [-0.2, -0.15) is 0 Å². The van der Waals surface area contributed by atoms with Crippen molar-refractivity contribution in [2.45, 2.75) is 0 Å². The van der Waals surface area contributed by atoms with E-state index in [1.165, 1.54) is 18.2 Å². The van der Waals surface area contributed by atoms with Gasteiger partial charge >= 0.3 is 0 Å². The Morgan fingerprint density at radius 1 is 0.321 bits per heavy atom. The van der Waals surface area contributed by atoms with E-state index >= 15 is 0 Å². The minimum absolute atomic E-state index is 0.0771. The second-order valence-corrected chi connectivity index (χ2v) is 11.6. The van der Waals surface area contributed by atoms with Crippen molar-refractivity contribution in [1.82, 2.24) is 0 Å². The maximum atomic E-state index is 10.9. The van der Waals surface area contributed by atoms with Gasteiger partial charge in [0, 0.05) is 54.6 Å². The van der Waals surface area contributed by atoms with Gasteiger partial charge < -0.3 is 84.6 Å². The van der Waals surface area contributed by atoms with Crippen LogP contribution in [0, 0.1) is 0 Å². The molecule has 0 saturated carbocycles. The average molecular weight is 727 g/mol. The molecule has 2 aliphatic rings. The van der Waals surface area contributed by atoms with E-state index in [1.54, 1.807) is 0 Å². The number of aromatic hydroxyl groups is 11. The van der Waals surface area contributed by atoms with Crippen LogP contribution in [0.1, 0.15) is 0 Å². The molecule has 11 N–H and O–H groups in total. The topological polar surface area (TPSA) is 278 Å². The standard InChI is InChI=1S/C36H22O17/c37-13-1-12(2-14(38)3-13)28-18(40)10-23(45)32-35(28)52-31-22(44)8-17(9-27(31)51-32)48-29-20(42)6-16(7-21(29)43)49-33-24(46)11-25(47)34-36(33)53-30-19(41)4-15(39)5-26(30)50-34/h1-11,37-47H. The Labute approximate surface area is 294 Å². The summed E-state index contributed by atoms with van der Waals surface area (Å²) in [5.41, 5.74) is -0.0248. The fourth-order valence-electron chi connectivity index (χ4n) is 5.66. The molecule has 0 aliphatic carbocycles. The highest BCUT2D eigenvalue weighted by atomic mass is 16.6. The molecule has 53 heavy (non-hydrogen) atoms. The van der Waals surface area contributed by atoms with Gasteiger partial charge in [-0.15, -0.1) is 0 Å². The molecule has 2 aliphatic heterocycles. The highest BCUT2D eigenvalue weighted by Gasteiger charge is 2.33. The van der Waals surface area contributed by atoms with Gasteiger partial charge in [-0.3, -0.25) is 0 Å². The van der Waals surface area contributed by atoms with Gasteiger partial charge in [-0.05, 0) is 17.7 Å². The van der Waals surface area contributed by atoms with E-state index in [1.807, 2.05) is 0 Å². The zero-order chi connectivity index (χ0) is 37.5. The highest BCUT2D eigenvalue weighted by molar-refractivity contribution is 5.85. The number of hydrogen-bond acceptors (Lipinski definition) is 17. The molecule has 17 nitrogen and oxygen atoms in total. The van der Waals surface area contributed by atoms with Crippen LogP contribution in [-0.4, -0.2) is 56.2 Å². The Kier molecular flexibility index (Phi) is 6.97. The lowest BCUT2D eigenvalue weighted by Gasteiger charge is -2.25. The normalized spacial score (nSPS) is 12.1. The fourth-order valence-corrected chi connectivity index (χ4v) is 5.66. The van der Waals surface area contributed by atoms with Crippen molar-refractivity contribution in [3.8, 4) is 143 Å². The summed E-state index contributed by atoms with van der Waals surface area (Å²) in [6.07, 6.45) is 0. The summed E-state index contributed by atoms with van der Waals surface area (Å²) in [7, 11) is 0. The molecule has 0 amide bonds. The van der Waals surface area contributed by atoms with E-state index in [-0.39, 0.29) is 80.1 Å². The molecular weight excluding hydrogens is 704 g/mol. The third kappa shape index (κ3) is 5.37. The first kappa shape index (κ1) is 32.1. The van der Waals surface area contributed by atoms with E-state index in [0.717, 1.165) is 48.5 Å². The number of benzene rings is 6. The van der Waals surface area contributed by atoms with Crippen LogP contribution in [-0.2, 0) is 0 Å². The van der Waals surface area contributed by atoms with Crippen LogP contribution in [0.3, 0.4) is 0 Å². The molecule has 0 bridgehead atoms. The van der Waals surface area contributed by atoms with Gasteiger partial charge in [0.15, 0.2) is 57.5 Å². The van der Waals surface area contributed by atoms with Gasteiger partial charge in [-0.25, -0.2) is 0 Å². The van der Waals surface area contributed by atoms with Crippen molar-refractivity contribution in [2.24, 2.45) is 0 Å². The van der Waals surface area contributed by atoms with Gasteiger partial charge in [0.25, 0.3) is 0 Å². The summed E-state index contributed by atoms with van der Waals surface area (Å²) in [6.45, 7) is 0. The van der Waals surface area contributed by atoms with Crippen LogP contribution in [0.5, 0.6) is 132 Å². The van der Waals surface area contributed by atoms with E-state index in [9.17, 15) is 56.2 Å². The molecule has 0 spiro atoms. The summed E-state index contributed by atoms with van der Waals surface area (Å²) in [5, 5.41) is 115. The molecule has 6 aromatic rings. The summed E-state index contributed by atoms with van der Waals surface area (Å²) >= 11 is 0. The highest BCUT2D eigenvalue weighted by Crippen LogP contribution is 2.62. The Hall–Kier alpha value is -8.08. The third-order valence-corrected chi connectivity index (χ3v) is 7.86. The van der Waals surface area contributed by atoms with Crippen molar-refractivity contribution in [2.75, 3.05) is 0 Å². The Morgan fingerprint density at radius 2 is 0.774 bits per heavy atom. The molecule has 0 aromatic heterocycles. The summed E-state index contributed by atoms with van der Waals surface area (Å²) in [6, 6.07) is 11.5. The van der Waals surface area contributed by atoms with E-state index in [2.05, 4.69) is 0 Å². The second kappa shape index (κ2) is 11.5. The molecule has 0 fully saturated rings. The Morgan fingerprint density at radius 3 is 1.43 bits per heavy atom. The van der Waals surface area contributed by atoms with Crippen LogP contribution in [0.25, 0.3) is 11.1 Å². The Bertz CT molecular complexity index is 2500. The molecule has 0 saturated heterocycles. The van der Waals surface area contributed by atoms with Gasteiger partial charge in [0.1, 0.15) is 34.5 Å². The Balaban J connectivity index is 1.09. The molecule has 2 heterocycles. The zero-order valence-electron chi connectivity index (χ0n) is 26.2. The zero-order valence-corrected chi connectivity index (χ0v) is 26.2. The number of fused-ring (bicyclic) bond motifs is 4. The molecule has 8 rings (SSSR count). The maximum Gasteiger partial charge on any atom is 0.220 e. The first-order valence-corrected chi connectivity index (χ1v) is 15.0. The van der Waals surface area contributed by atoms with Crippen LogP contribution in [0.15, 0.2) is 66.7 Å². The van der Waals surface area contributed by atoms with Crippen LogP contribution < -0.4 is 28.4 Å². The van der Waals surface area contributed by atoms with Gasteiger partial charge in [0.2, 0.25) is 40.2 Å². The molecule has 17 heteroatoms. The minimum Gasteiger partial charge on any atom is -0.508 e. The van der Waals surface area contributed by atoms with E-state index in [0.29, 0.717) is 0 Å². The van der Waals surface area contributed by atoms with E-state index in [4.69, 9.17) is 28.4 Å². The largest absolute Gasteiger partial charge is 0.508 e. The predicted octanol–water partition coefficient (Wildman–Crippen LogP) is 7.50. The second-order valence-electron chi connectivity index (χ2n) is 11.6. The molecule has 0 radical (unpaired) electrons. The minimum atomic E-state index is -0.713. The number of phenols is 11. The van der Waals surface area contributed by atoms with Crippen molar-refractivity contribution in [1.29, 1.82) is 0 Å². The van der Waals surface area contributed by atoms with Gasteiger partial charge in [-0.1, -0.05) is 0 Å². The van der Waals surface area contributed by atoms with E-state index < -0.39 is 63.2 Å².